The number of pyridine rings is 1. The molecule has 5 heterocycles. The molecule has 1 N–H and O–H groups in total. The van der Waals surface area contributed by atoms with Crippen LogP contribution in [0.2, 0.25) is 0 Å². The zero-order valence-corrected chi connectivity index (χ0v) is 18.7. The lowest BCUT2D eigenvalue weighted by molar-refractivity contribution is 0.118. The summed E-state index contributed by atoms with van der Waals surface area (Å²) in [6.45, 7) is 0.938. The van der Waals surface area contributed by atoms with Gasteiger partial charge in [0, 0.05) is 36.4 Å². The fraction of sp³-hybridized carbons (Fsp3) is 0.308. The van der Waals surface area contributed by atoms with Crippen LogP contribution in [-0.2, 0) is 6.54 Å². The Balaban J connectivity index is 1.22. The highest BCUT2D eigenvalue weighted by Crippen LogP contribution is 2.51. The Bertz CT molecular complexity index is 1300. The molecule has 3 aliphatic rings. The van der Waals surface area contributed by atoms with Gasteiger partial charge < -0.3 is 9.64 Å². The monoisotopic (exact) mass is 451 g/mol. The van der Waals surface area contributed by atoms with Crippen LogP contribution < -0.4 is 9.64 Å². The summed E-state index contributed by atoms with van der Waals surface area (Å²) in [6, 6.07) is 22.4. The number of aromatic nitrogens is 5. The molecule has 34 heavy (non-hydrogen) atoms. The molecule has 0 saturated carbocycles. The molecule has 0 radical (unpaired) electrons. The Morgan fingerprint density at radius 2 is 1.71 bits per heavy atom. The molecule has 2 saturated heterocycles. The summed E-state index contributed by atoms with van der Waals surface area (Å²) in [4.78, 5) is 9.78. The number of H-pyrrole nitrogens is 1. The predicted molar refractivity (Wildman–Crippen MR) is 128 cm³/mol. The molecule has 2 aromatic carbocycles. The standard InChI is InChI=1S/C26H25N7O/c1-2-7-24-22(6-1)33(23-11-8-17(13-25(23)34-24)26-28-30-31-29-26)21-14-19-9-10-20(15-21)32(19)16-18-5-3-4-12-27-18/h1-8,11-13,19-21H,9-10,14-16H2,(H,28,29,30,31). The van der Waals surface area contributed by atoms with Crippen LogP contribution in [-0.4, -0.2) is 48.6 Å². The lowest BCUT2D eigenvalue weighted by Crippen LogP contribution is -2.49. The van der Waals surface area contributed by atoms with Crippen molar-refractivity contribution in [2.75, 3.05) is 4.90 Å². The molecule has 0 aliphatic carbocycles. The van der Waals surface area contributed by atoms with E-state index in [1.807, 2.05) is 24.4 Å². The average Bonchev–Trinajstić information content (AvgIpc) is 3.49. The lowest BCUT2D eigenvalue weighted by atomic mass is 9.93. The van der Waals surface area contributed by atoms with Crippen LogP contribution in [0, 0.1) is 0 Å². The molecule has 3 aliphatic heterocycles. The van der Waals surface area contributed by atoms with Crippen molar-refractivity contribution in [3.8, 4) is 22.9 Å². The molecule has 4 aromatic rings. The van der Waals surface area contributed by atoms with Gasteiger partial charge in [0.05, 0.1) is 17.1 Å². The zero-order chi connectivity index (χ0) is 22.5. The molecule has 2 aromatic heterocycles. The van der Waals surface area contributed by atoms with Crippen molar-refractivity contribution in [1.82, 2.24) is 30.5 Å². The molecule has 2 atom stereocenters. The molecule has 8 nitrogen and oxygen atoms in total. The third-order valence-electron chi connectivity index (χ3n) is 7.48. The van der Waals surface area contributed by atoms with Crippen LogP contribution in [0.4, 0.5) is 11.4 Å². The summed E-state index contributed by atoms with van der Waals surface area (Å²) in [5.41, 5.74) is 4.33. The fourth-order valence-corrected chi connectivity index (χ4v) is 6.00. The highest BCUT2D eigenvalue weighted by Gasteiger charge is 2.44. The van der Waals surface area contributed by atoms with Crippen molar-refractivity contribution in [2.24, 2.45) is 0 Å². The predicted octanol–water partition coefficient (Wildman–Crippen LogP) is 4.70. The van der Waals surface area contributed by atoms with Gasteiger partial charge in [0.2, 0.25) is 0 Å². The number of benzene rings is 2. The number of para-hydroxylation sites is 2. The molecule has 8 heteroatoms. The second-order valence-electron chi connectivity index (χ2n) is 9.38. The summed E-state index contributed by atoms with van der Waals surface area (Å²) in [5.74, 6) is 2.37. The molecule has 2 unspecified atom stereocenters. The first-order chi connectivity index (χ1) is 16.8. The first kappa shape index (κ1) is 19.7. The van der Waals surface area contributed by atoms with Gasteiger partial charge in [0.15, 0.2) is 17.3 Å². The van der Waals surface area contributed by atoms with Gasteiger partial charge in [-0.25, -0.2) is 5.10 Å². The van der Waals surface area contributed by atoms with Gasteiger partial charge in [-0.15, -0.1) is 5.10 Å². The maximum atomic E-state index is 6.36. The Hall–Kier alpha value is -3.78. The number of nitrogens with one attached hydrogen (secondary N) is 1. The van der Waals surface area contributed by atoms with Gasteiger partial charge in [0.25, 0.3) is 0 Å². The molecular weight excluding hydrogens is 426 g/mol. The Morgan fingerprint density at radius 3 is 2.50 bits per heavy atom. The van der Waals surface area contributed by atoms with Gasteiger partial charge in [0.1, 0.15) is 0 Å². The van der Waals surface area contributed by atoms with Crippen LogP contribution in [0.1, 0.15) is 31.4 Å². The number of piperidine rings is 1. The van der Waals surface area contributed by atoms with Gasteiger partial charge in [-0.2, -0.15) is 0 Å². The third-order valence-corrected chi connectivity index (χ3v) is 7.48. The van der Waals surface area contributed by atoms with E-state index in [0.717, 1.165) is 53.5 Å². The van der Waals surface area contributed by atoms with E-state index in [4.69, 9.17) is 4.74 Å². The van der Waals surface area contributed by atoms with E-state index in [0.29, 0.717) is 23.9 Å². The van der Waals surface area contributed by atoms with E-state index in [1.54, 1.807) is 0 Å². The van der Waals surface area contributed by atoms with Crippen LogP contribution in [0.15, 0.2) is 66.9 Å². The molecule has 0 spiro atoms. The molecule has 0 amide bonds. The smallest absolute Gasteiger partial charge is 0.179 e. The SMILES string of the molecule is c1ccc(CN2C3CCC2CC(N2c4ccccc4Oc4cc(-c5nnn[nH]5)ccc42)C3)nc1. The minimum Gasteiger partial charge on any atom is -0.453 e. The second kappa shape index (κ2) is 7.92. The van der Waals surface area contributed by atoms with E-state index >= 15 is 0 Å². The molecule has 7 rings (SSSR count). The van der Waals surface area contributed by atoms with Gasteiger partial charge >= 0.3 is 0 Å². The van der Waals surface area contributed by atoms with Gasteiger partial charge in [-0.05, 0) is 78.6 Å². The minimum absolute atomic E-state index is 0.416. The zero-order valence-electron chi connectivity index (χ0n) is 18.7. The van der Waals surface area contributed by atoms with E-state index in [1.165, 1.54) is 12.8 Å². The van der Waals surface area contributed by atoms with Crippen molar-refractivity contribution in [2.45, 2.75) is 50.4 Å². The van der Waals surface area contributed by atoms with Crippen molar-refractivity contribution < 1.29 is 4.74 Å². The van der Waals surface area contributed by atoms with Crippen LogP contribution in [0.5, 0.6) is 11.5 Å². The topological polar surface area (TPSA) is 83.1 Å². The number of nitrogens with zero attached hydrogens (tertiary/aromatic N) is 6. The fourth-order valence-electron chi connectivity index (χ4n) is 6.00. The maximum Gasteiger partial charge on any atom is 0.179 e. The van der Waals surface area contributed by atoms with Crippen molar-refractivity contribution in [1.29, 1.82) is 0 Å². The third kappa shape index (κ3) is 3.25. The Morgan fingerprint density at radius 1 is 0.882 bits per heavy atom. The van der Waals surface area contributed by atoms with Crippen molar-refractivity contribution >= 4 is 11.4 Å². The molecule has 2 bridgehead atoms. The number of tetrazole rings is 1. The number of fused-ring (bicyclic) bond motifs is 4. The van der Waals surface area contributed by atoms with Crippen molar-refractivity contribution in [3.63, 3.8) is 0 Å². The number of rotatable bonds is 4. The number of aromatic amines is 1. The van der Waals surface area contributed by atoms with Gasteiger partial charge in [-0.1, -0.05) is 18.2 Å². The second-order valence-corrected chi connectivity index (χ2v) is 9.38. The quantitative estimate of drug-likeness (QED) is 0.481. The summed E-state index contributed by atoms with van der Waals surface area (Å²) < 4.78 is 6.36. The Kier molecular flexibility index (Phi) is 4.58. The maximum absolute atomic E-state index is 6.36. The number of hydrogen-bond donors (Lipinski definition) is 1. The Labute approximate surface area is 197 Å². The average molecular weight is 452 g/mol. The summed E-state index contributed by atoms with van der Waals surface area (Å²) in [5, 5.41) is 14.3. The first-order valence-corrected chi connectivity index (χ1v) is 11.9. The number of hydrogen-bond acceptors (Lipinski definition) is 7. The van der Waals surface area contributed by atoms with E-state index in [2.05, 4.69) is 77.9 Å². The van der Waals surface area contributed by atoms with Gasteiger partial charge in [-0.3, -0.25) is 9.88 Å². The van der Waals surface area contributed by atoms with Crippen LogP contribution in [0.3, 0.4) is 0 Å². The van der Waals surface area contributed by atoms with Crippen LogP contribution >= 0.6 is 0 Å². The first-order valence-electron chi connectivity index (χ1n) is 11.9. The van der Waals surface area contributed by atoms with E-state index < -0.39 is 0 Å². The highest BCUT2D eigenvalue weighted by molar-refractivity contribution is 5.80. The number of anilines is 2. The normalized spacial score (nSPS) is 23.3. The molecule has 170 valence electrons. The highest BCUT2D eigenvalue weighted by atomic mass is 16.5. The van der Waals surface area contributed by atoms with E-state index in [9.17, 15) is 0 Å². The number of ether oxygens (including phenoxy) is 1. The largest absolute Gasteiger partial charge is 0.453 e. The van der Waals surface area contributed by atoms with Crippen LogP contribution in [0.25, 0.3) is 11.4 Å². The molecular formula is C26H25N7O. The summed E-state index contributed by atoms with van der Waals surface area (Å²) in [6.07, 6.45) is 6.67. The lowest BCUT2D eigenvalue weighted by Gasteiger charge is -2.45. The van der Waals surface area contributed by atoms with E-state index in [-0.39, 0.29) is 0 Å². The minimum atomic E-state index is 0.416. The van der Waals surface area contributed by atoms with Crippen molar-refractivity contribution in [3.05, 3.63) is 72.6 Å². The summed E-state index contributed by atoms with van der Waals surface area (Å²) in [7, 11) is 0. The molecule has 2 fully saturated rings. The summed E-state index contributed by atoms with van der Waals surface area (Å²) >= 11 is 0.